The number of hydrogen-bond acceptors (Lipinski definition) is 4. The van der Waals surface area contributed by atoms with Crippen molar-refractivity contribution in [2.24, 2.45) is 10.9 Å². The van der Waals surface area contributed by atoms with Crippen molar-refractivity contribution in [2.75, 3.05) is 19.6 Å². The van der Waals surface area contributed by atoms with Crippen LogP contribution >= 0.6 is 0 Å². The number of oxime groups is 1. The molecule has 0 aliphatic heterocycles. The summed E-state index contributed by atoms with van der Waals surface area (Å²) in [5.74, 6) is 0.555. The van der Waals surface area contributed by atoms with Gasteiger partial charge in [0.2, 0.25) is 5.84 Å². The molecule has 0 bridgehead atoms. The molecule has 6 heteroatoms. The molecule has 0 unspecified atom stereocenters. The van der Waals surface area contributed by atoms with Gasteiger partial charge < -0.3 is 20.4 Å². The number of rotatable bonds is 6. The highest BCUT2D eigenvalue weighted by atomic mass is 16.4. The Kier molecular flexibility index (Phi) is 4.78. The van der Waals surface area contributed by atoms with Gasteiger partial charge in [-0.3, -0.25) is 0 Å². The molecule has 0 saturated carbocycles. The van der Waals surface area contributed by atoms with Crippen molar-refractivity contribution in [1.82, 2.24) is 14.5 Å². The van der Waals surface area contributed by atoms with E-state index in [1.54, 1.807) is 6.20 Å². The van der Waals surface area contributed by atoms with E-state index in [0.29, 0.717) is 5.82 Å². The number of aromatic nitrogens is 2. The van der Waals surface area contributed by atoms with Gasteiger partial charge in [0, 0.05) is 25.5 Å². The minimum atomic E-state index is 0.0459. The highest BCUT2D eigenvalue weighted by molar-refractivity contribution is 5.93. The van der Waals surface area contributed by atoms with Crippen molar-refractivity contribution < 1.29 is 5.21 Å². The molecule has 0 amide bonds. The molecular weight excluding hydrogens is 206 g/mol. The molecule has 0 radical (unpaired) electrons. The summed E-state index contributed by atoms with van der Waals surface area (Å²) >= 11 is 0. The molecule has 0 aliphatic carbocycles. The Hall–Kier alpha value is -1.56. The fourth-order valence-electron chi connectivity index (χ4n) is 1.56. The van der Waals surface area contributed by atoms with Crippen LogP contribution in [0.3, 0.4) is 0 Å². The molecule has 0 aliphatic rings. The molecule has 0 spiro atoms. The monoisotopic (exact) mass is 225 g/mol. The summed E-state index contributed by atoms with van der Waals surface area (Å²) in [7, 11) is 0. The lowest BCUT2D eigenvalue weighted by Crippen LogP contribution is -2.28. The number of nitrogens with zero attached hydrogens (tertiary/aromatic N) is 4. The largest absolute Gasteiger partial charge is 0.409 e. The smallest absolute Gasteiger partial charge is 0.206 e. The van der Waals surface area contributed by atoms with E-state index in [-0.39, 0.29) is 5.84 Å². The van der Waals surface area contributed by atoms with Gasteiger partial charge in [-0.1, -0.05) is 19.0 Å². The Bertz CT molecular complexity index is 343. The van der Waals surface area contributed by atoms with Gasteiger partial charge in [-0.25, -0.2) is 4.98 Å². The summed E-state index contributed by atoms with van der Waals surface area (Å²) < 4.78 is 1.88. The van der Waals surface area contributed by atoms with Crippen LogP contribution in [0, 0.1) is 0 Å². The number of hydrogen-bond donors (Lipinski definition) is 2. The van der Waals surface area contributed by atoms with E-state index in [4.69, 9.17) is 10.9 Å². The van der Waals surface area contributed by atoms with Gasteiger partial charge in [-0.2, -0.15) is 0 Å². The molecule has 16 heavy (non-hydrogen) atoms. The average Bonchev–Trinajstić information content (AvgIpc) is 2.77. The first-order valence-electron chi connectivity index (χ1n) is 5.44. The third kappa shape index (κ3) is 2.96. The summed E-state index contributed by atoms with van der Waals surface area (Å²) in [5.41, 5.74) is 5.51. The van der Waals surface area contributed by atoms with E-state index >= 15 is 0 Å². The third-order valence-corrected chi connectivity index (χ3v) is 2.60. The first-order chi connectivity index (χ1) is 7.72. The molecule has 90 valence electrons. The molecule has 1 heterocycles. The molecule has 1 aromatic heterocycles. The summed E-state index contributed by atoms with van der Waals surface area (Å²) in [4.78, 5) is 6.35. The molecule has 0 aromatic carbocycles. The van der Waals surface area contributed by atoms with Gasteiger partial charge in [-0.05, 0) is 13.1 Å². The van der Waals surface area contributed by atoms with Gasteiger partial charge in [0.05, 0.1) is 0 Å². The van der Waals surface area contributed by atoms with Crippen LogP contribution in [-0.2, 0) is 6.54 Å². The Morgan fingerprint density at radius 2 is 2.25 bits per heavy atom. The van der Waals surface area contributed by atoms with Crippen LogP contribution in [0.5, 0.6) is 0 Å². The molecule has 0 saturated heterocycles. The van der Waals surface area contributed by atoms with Crippen molar-refractivity contribution in [1.29, 1.82) is 0 Å². The molecule has 3 N–H and O–H groups in total. The van der Waals surface area contributed by atoms with Gasteiger partial charge in [-0.15, -0.1) is 0 Å². The van der Waals surface area contributed by atoms with Crippen LogP contribution in [0.15, 0.2) is 17.5 Å². The fourth-order valence-corrected chi connectivity index (χ4v) is 1.56. The normalized spacial score (nSPS) is 12.3. The highest BCUT2D eigenvalue weighted by Crippen LogP contribution is 1.98. The molecule has 0 atom stereocenters. The lowest BCUT2D eigenvalue weighted by Gasteiger charge is -2.18. The zero-order valence-electron chi connectivity index (χ0n) is 9.80. The predicted molar refractivity (Wildman–Crippen MR) is 62.5 cm³/mol. The Morgan fingerprint density at radius 1 is 1.56 bits per heavy atom. The third-order valence-electron chi connectivity index (χ3n) is 2.60. The van der Waals surface area contributed by atoms with Crippen LogP contribution in [0.2, 0.25) is 0 Å². The summed E-state index contributed by atoms with van der Waals surface area (Å²) in [6.07, 6.45) is 3.48. The Morgan fingerprint density at radius 3 is 2.81 bits per heavy atom. The van der Waals surface area contributed by atoms with Crippen LogP contribution in [0.25, 0.3) is 0 Å². The zero-order valence-corrected chi connectivity index (χ0v) is 9.80. The first-order valence-corrected chi connectivity index (χ1v) is 5.44. The second-order valence-electron chi connectivity index (χ2n) is 3.46. The van der Waals surface area contributed by atoms with E-state index in [1.165, 1.54) is 0 Å². The lowest BCUT2D eigenvalue weighted by atomic mass is 10.4. The SMILES string of the molecule is CCN(CC)CCn1ccnc1/C(N)=N/O. The van der Waals surface area contributed by atoms with Gasteiger partial charge in [0.1, 0.15) is 0 Å². The minimum absolute atomic E-state index is 0.0459. The molecule has 0 fully saturated rings. The predicted octanol–water partition coefficient (Wildman–Crippen LogP) is 0.319. The molecule has 1 aromatic rings. The Labute approximate surface area is 95.4 Å². The van der Waals surface area contributed by atoms with Gasteiger partial charge in [0.15, 0.2) is 5.82 Å². The van der Waals surface area contributed by atoms with Crippen molar-refractivity contribution in [3.8, 4) is 0 Å². The minimum Gasteiger partial charge on any atom is -0.409 e. The van der Waals surface area contributed by atoms with Crippen LogP contribution in [0.1, 0.15) is 19.7 Å². The van der Waals surface area contributed by atoms with Gasteiger partial charge in [0.25, 0.3) is 0 Å². The standard InChI is InChI=1S/C10H19N5O/c1-3-14(4-2)7-8-15-6-5-12-10(15)9(11)13-16/h5-6,16H,3-4,7-8H2,1-2H3,(H2,11,13). The van der Waals surface area contributed by atoms with Gasteiger partial charge >= 0.3 is 0 Å². The molecular formula is C10H19N5O. The maximum absolute atomic E-state index is 8.60. The number of imidazole rings is 1. The van der Waals surface area contributed by atoms with Crippen molar-refractivity contribution >= 4 is 5.84 Å². The Balaban J connectivity index is 2.64. The van der Waals surface area contributed by atoms with E-state index in [0.717, 1.165) is 26.2 Å². The second kappa shape index (κ2) is 6.12. The van der Waals surface area contributed by atoms with Crippen molar-refractivity contribution in [2.45, 2.75) is 20.4 Å². The second-order valence-corrected chi connectivity index (χ2v) is 3.46. The first kappa shape index (κ1) is 12.5. The van der Waals surface area contributed by atoms with E-state index < -0.39 is 0 Å². The fraction of sp³-hybridized carbons (Fsp3) is 0.600. The zero-order chi connectivity index (χ0) is 12.0. The lowest BCUT2D eigenvalue weighted by molar-refractivity contribution is 0.289. The topological polar surface area (TPSA) is 79.7 Å². The van der Waals surface area contributed by atoms with Crippen LogP contribution < -0.4 is 5.73 Å². The number of amidine groups is 1. The maximum atomic E-state index is 8.60. The molecule has 6 nitrogen and oxygen atoms in total. The average molecular weight is 225 g/mol. The highest BCUT2D eigenvalue weighted by Gasteiger charge is 2.08. The van der Waals surface area contributed by atoms with Crippen LogP contribution in [0.4, 0.5) is 0 Å². The summed E-state index contributed by atoms with van der Waals surface area (Å²) in [6.45, 7) is 8.00. The van der Waals surface area contributed by atoms with E-state index in [2.05, 4.69) is 28.9 Å². The quantitative estimate of drug-likeness (QED) is 0.316. The summed E-state index contributed by atoms with van der Waals surface area (Å²) in [6, 6.07) is 0. The molecule has 1 rings (SSSR count). The number of likely N-dealkylation sites (N-methyl/N-ethyl adjacent to an activating group) is 1. The number of nitrogens with two attached hydrogens (primary N) is 1. The maximum Gasteiger partial charge on any atom is 0.206 e. The van der Waals surface area contributed by atoms with Crippen molar-refractivity contribution in [3.63, 3.8) is 0 Å². The van der Waals surface area contributed by atoms with Crippen LogP contribution in [-0.4, -0.2) is 45.1 Å². The van der Waals surface area contributed by atoms with E-state index in [9.17, 15) is 0 Å². The summed E-state index contributed by atoms with van der Waals surface area (Å²) in [5, 5.41) is 11.6. The van der Waals surface area contributed by atoms with E-state index in [1.807, 2.05) is 10.8 Å². The van der Waals surface area contributed by atoms with Crippen molar-refractivity contribution in [3.05, 3.63) is 18.2 Å².